The highest BCUT2D eigenvalue weighted by molar-refractivity contribution is 7.09. The van der Waals surface area contributed by atoms with Crippen LogP contribution in [0, 0.1) is 11.8 Å². The Bertz CT molecular complexity index is 430. The Labute approximate surface area is 116 Å². The van der Waals surface area contributed by atoms with Gasteiger partial charge in [0.1, 0.15) is 0 Å². The van der Waals surface area contributed by atoms with Crippen LogP contribution in [0.25, 0.3) is 0 Å². The predicted molar refractivity (Wildman–Crippen MR) is 74.1 cm³/mol. The maximum Gasteiger partial charge on any atom is 0.307 e. The van der Waals surface area contributed by atoms with Gasteiger partial charge in [-0.15, -0.1) is 11.3 Å². The summed E-state index contributed by atoms with van der Waals surface area (Å²) in [6.07, 6.45) is 4.00. The molecule has 2 N–H and O–H groups in total. The highest BCUT2D eigenvalue weighted by Gasteiger charge is 2.35. The molecule has 0 aromatic carbocycles. The van der Waals surface area contributed by atoms with Crippen LogP contribution in [0.4, 0.5) is 0 Å². The third kappa shape index (κ3) is 3.80. The van der Waals surface area contributed by atoms with Crippen molar-refractivity contribution in [3.63, 3.8) is 0 Å². The Morgan fingerprint density at radius 3 is 2.68 bits per heavy atom. The van der Waals surface area contributed by atoms with Crippen LogP contribution in [0.5, 0.6) is 0 Å². The molecule has 1 fully saturated rings. The van der Waals surface area contributed by atoms with E-state index in [1.807, 2.05) is 17.5 Å². The molecule has 1 aliphatic rings. The zero-order valence-electron chi connectivity index (χ0n) is 10.8. The maximum atomic E-state index is 12.1. The van der Waals surface area contributed by atoms with Crippen molar-refractivity contribution < 1.29 is 14.7 Å². The van der Waals surface area contributed by atoms with Gasteiger partial charge in [-0.1, -0.05) is 18.9 Å². The van der Waals surface area contributed by atoms with Crippen LogP contribution in [0.3, 0.4) is 0 Å². The summed E-state index contributed by atoms with van der Waals surface area (Å²) in [4.78, 5) is 24.5. The lowest BCUT2D eigenvalue weighted by atomic mass is 9.78. The number of hydrogen-bond donors (Lipinski definition) is 2. The van der Waals surface area contributed by atoms with Crippen LogP contribution < -0.4 is 5.32 Å². The SMILES string of the molecule is O=C(O)[C@H]1CCCC[C@@H]1C(=O)NCCc1cccs1. The molecule has 1 saturated carbocycles. The molecule has 19 heavy (non-hydrogen) atoms. The van der Waals surface area contributed by atoms with E-state index in [4.69, 9.17) is 5.11 Å². The van der Waals surface area contributed by atoms with E-state index in [2.05, 4.69) is 5.32 Å². The second-order valence-corrected chi connectivity index (χ2v) is 5.99. The minimum Gasteiger partial charge on any atom is -0.481 e. The van der Waals surface area contributed by atoms with Crippen LogP contribution in [0.2, 0.25) is 0 Å². The van der Waals surface area contributed by atoms with Crippen molar-refractivity contribution in [1.82, 2.24) is 5.32 Å². The van der Waals surface area contributed by atoms with E-state index in [1.165, 1.54) is 4.88 Å². The molecule has 0 radical (unpaired) electrons. The Morgan fingerprint density at radius 1 is 1.32 bits per heavy atom. The lowest BCUT2D eigenvalue weighted by Gasteiger charge is -2.27. The average molecular weight is 281 g/mol. The number of aliphatic carboxylic acids is 1. The molecule has 0 unspecified atom stereocenters. The number of rotatable bonds is 5. The number of hydrogen-bond acceptors (Lipinski definition) is 3. The van der Waals surface area contributed by atoms with Gasteiger partial charge in [-0.05, 0) is 30.7 Å². The number of amides is 1. The van der Waals surface area contributed by atoms with E-state index in [0.717, 1.165) is 19.3 Å². The second-order valence-electron chi connectivity index (χ2n) is 4.96. The van der Waals surface area contributed by atoms with Crippen molar-refractivity contribution in [2.75, 3.05) is 6.54 Å². The first-order chi connectivity index (χ1) is 9.18. The van der Waals surface area contributed by atoms with Crippen molar-refractivity contribution in [2.24, 2.45) is 11.8 Å². The number of carbonyl (C=O) groups is 2. The van der Waals surface area contributed by atoms with Crippen LogP contribution in [0.15, 0.2) is 17.5 Å². The Balaban J connectivity index is 1.82. The van der Waals surface area contributed by atoms with Crippen LogP contribution in [0.1, 0.15) is 30.6 Å². The Morgan fingerprint density at radius 2 is 2.05 bits per heavy atom. The summed E-state index contributed by atoms with van der Waals surface area (Å²) in [7, 11) is 0. The molecule has 1 aromatic rings. The second kappa shape index (κ2) is 6.70. The fraction of sp³-hybridized carbons (Fsp3) is 0.571. The third-order valence-corrected chi connectivity index (χ3v) is 4.61. The molecule has 1 heterocycles. The molecule has 2 rings (SSSR count). The van der Waals surface area contributed by atoms with Gasteiger partial charge in [-0.2, -0.15) is 0 Å². The molecule has 4 nitrogen and oxygen atoms in total. The zero-order valence-corrected chi connectivity index (χ0v) is 11.6. The topological polar surface area (TPSA) is 66.4 Å². The first kappa shape index (κ1) is 14.1. The summed E-state index contributed by atoms with van der Waals surface area (Å²) < 4.78 is 0. The van der Waals surface area contributed by atoms with Gasteiger partial charge in [-0.3, -0.25) is 9.59 Å². The molecule has 0 spiro atoms. The van der Waals surface area contributed by atoms with Gasteiger partial charge >= 0.3 is 5.97 Å². The lowest BCUT2D eigenvalue weighted by Crippen LogP contribution is -2.40. The molecule has 0 aliphatic heterocycles. The molecular formula is C14H19NO3S. The molecule has 104 valence electrons. The van der Waals surface area contributed by atoms with Gasteiger partial charge in [0.05, 0.1) is 11.8 Å². The number of thiophene rings is 1. The summed E-state index contributed by atoms with van der Waals surface area (Å²) in [5.74, 6) is -1.79. The van der Waals surface area contributed by atoms with Gasteiger partial charge < -0.3 is 10.4 Å². The quantitative estimate of drug-likeness (QED) is 0.870. The number of carboxylic acids is 1. The molecule has 2 atom stereocenters. The Hall–Kier alpha value is -1.36. The van der Waals surface area contributed by atoms with Crippen LogP contribution in [-0.4, -0.2) is 23.5 Å². The minimum absolute atomic E-state index is 0.0938. The van der Waals surface area contributed by atoms with E-state index in [1.54, 1.807) is 11.3 Å². The molecule has 5 heteroatoms. The zero-order chi connectivity index (χ0) is 13.7. The largest absolute Gasteiger partial charge is 0.481 e. The number of nitrogens with one attached hydrogen (secondary N) is 1. The van der Waals surface area contributed by atoms with Gasteiger partial charge in [0.2, 0.25) is 5.91 Å². The monoisotopic (exact) mass is 281 g/mol. The number of carboxylic acid groups (broad SMARTS) is 1. The van der Waals surface area contributed by atoms with Crippen molar-refractivity contribution in [1.29, 1.82) is 0 Å². The van der Waals surface area contributed by atoms with Crippen LogP contribution >= 0.6 is 11.3 Å². The highest BCUT2D eigenvalue weighted by Crippen LogP contribution is 2.30. The molecule has 1 aliphatic carbocycles. The van der Waals surface area contributed by atoms with Crippen molar-refractivity contribution in [3.05, 3.63) is 22.4 Å². The summed E-state index contributed by atoms with van der Waals surface area (Å²) in [6, 6.07) is 4.03. The summed E-state index contributed by atoms with van der Waals surface area (Å²) in [5.41, 5.74) is 0. The highest BCUT2D eigenvalue weighted by atomic mass is 32.1. The molecule has 0 bridgehead atoms. The van der Waals surface area contributed by atoms with Gasteiger partial charge in [0.15, 0.2) is 0 Å². The van der Waals surface area contributed by atoms with Gasteiger partial charge in [0.25, 0.3) is 0 Å². The van der Waals surface area contributed by atoms with E-state index < -0.39 is 11.9 Å². The van der Waals surface area contributed by atoms with Gasteiger partial charge in [0, 0.05) is 11.4 Å². The van der Waals surface area contributed by atoms with Crippen LogP contribution in [-0.2, 0) is 16.0 Å². The molecule has 0 saturated heterocycles. The smallest absolute Gasteiger partial charge is 0.307 e. The maximum absolute atomic E-state index is 12.1. The summed E-state index contributed by atoms with van der Waals surface area (Å²) in [5, 5.41) is 14.0. The average Bonchev–Trinajstić information content (AvgIpc) is 2.91. The fourth-order valence-corrected chi connectivity index (χ4v) is 3.34. The van der Waals surface area contributed by atoms with Crippen molar-refractivity contribution >= 4 is 23.2 Å². The molecule has 1 aromatic heterocycles. The minimum atomic E-state index is -0.835. The first-order valence-electron chi connectivity index (χ1n) is 6.71. The summed E-state index contributed by atoms with van der Waals surface area (Å²) >= 11 is 1.67. The Kier molecular flexibility index (Phi) is 4.96. The standard InChI is InChI=1S/C14H19NO3S/c16-13(15-8-7-10-4-3-9-19-10)11-5-1-2-6-12(11)14(17)18/h3-4,9,11-12H,1-2,5-8H2,(H,15,16)(H,17,18)/t11-,12-/m0/s1. The molecular weight excluding hydrogens is 262 g/mol. The molecule has 1 amide bonds. The predicted octanol–water partition coefficient (Wildman–Crippen LogP) is 2.30. The first-order valence-corrected chi connectivity index (χ1v) is 7.59. The third-order valence-electron chi connectivity index (χ3n) is 3.67. The van der Waals surface area contributed by atoms with E-state index >= 15 is 0 Å². The van der Waals surface area contributed by atoms with E-state index in [0.29, 0.717) is 19.4 Å². The normalized spacial score (nSPS) is 22.9. The van der Waals surface area contributed by atoms with E-state index in [9.17, 15) is 9.59 Å². The van der Waals surface area contributed by atoms with Crippen molar-refractivity contribution in [3.8, 4) is 0 Å². The fourth-order valence-electron chi connectivity index (χ4n) is 2.64. The van der Waals surface area contributed by atoms with Gasteiger partial charge in [-0.25, -0.2) is 0 Å². The lowest BCUT2D eigenvalue weighted by molar-refractivity contribution is -0.148. The van der Waals surface area contributed by atoms with E-state index in [-0.39, 0.29) is 11.8 Å². The van der Waals surface area contributed by atoms with Crippen molar-refractivity contribution in [2.45, 2.75) is 32.1 Å². The summed E-state index contributed by atoms with van der Waals surface area (Å²) in [6.45, 7) is 0.586. The number of carbonyl (C=O) groups excluding carboxylic acids is 1.